The molecule has 1 atom stereocenters. The van der Waals surface area contributed by atoms with Gasteiger partial charge in [0.25, 0.3) is 0 Å². The van der Waals surface area contributed by atoms with E-state index in [0.717, 1.165) is 34.8 Å². The van der Waals surface area contributed by atoms with Crippen molar-refractivity contribution in [1.29, 1.82) is 0 Å². The summed E-state index contributed by atoms with van der Waals surface area (Å²) in [6.45, 7) is 1.93. The molecule has 0 bridgehead atoms. The molecule has 0 saturated carbocycles. The maximum Gasteiger partial charge on any atom is 0.311 e. The van der Waals surface area contributed by atoms with E-state index in [1.807, 2.05) is 6.92 Å². The monoisotopic (exact) mass is 197 g/mol. The van der Waals surface area contributed by atoms with Crippen LogP contribution >= 0.6 is 11.3 Å². The molecule has 0 aliphatic heterocycles. The van der Waals surface area contributed by atoms with Crippen LogP contribution < -0.4 is 0 Å². The van der Waals surface area contributed by atoms with E-state index in [9.17, 15) is 4.79 Å². The lowest BCUT2D eigenvalue weighted by molar-refractivity contribution is -0.139. The van der Waals surface area contributed by atoms with Crippen molar-refractivity contribution in [2.45, 2.75) is 32.1 Å². The minimum absolute atomic E-state index is 0.296. The first kappa shape index (κ1) is 8.69. The van der Waals surface area contributed by atoms with Gasteiger partial charge in [0.15, 0.2) is 0 Å². The molecule has 1 aromatic heterocycles. The number of carbonyl (C=O) groups is 1. The summed E-state index contributed by atoms with van der Waals surface area (Å²) in [5, 5.41) is 9.96. The van der Waals surface area contributed by atoms with Crippen molar-refractivity contribution in [3.05, 3.63) is 15.6 Å². The number of nitrogens with zero attached hydrogens (tertiary/aromatic N) is 1. The van der Waals surface area contributed by atoms with Gasteiger partial charge in [0.1, 0.15) is 0 Å². The summed E-state index contributed by atoms with van der Waals surface area (Å²) in [7, 11) is 0. The minimum Gasteiger partial charge on any atom is -0.481 e. The Labute approximate surface area is 80.4 Å². The zero-order valence-corrected chi connectivity index (χ0v) is 8.23. The molecular weight excluding hydrogens is 186 g/mol. The zero-order valence-electron chi connectivity index (χ0n) is 7.41. The second-order valence-electron chi connectivity index (χ2n) is 3.33. The number of aliphatic carboxylic acids is 1. The number of hydrogen-bond acceptors (Lipinski definition) is 3. The highest BCUT2D eigenvalue weighted by molar-refractivity contribution is 7.11. The quantitative estimate of drug-likeness (QED) is 0.748. The van der Waals surface area contributed by atoms with Crippen LogP contribution in [-0.4, -0.2) is 16.1 Å². The molecule has 1 aromatic rings. The van der Waals surface area contributed by atoms with Crippen molar-refractivity contribution in [1.82, 2.24) is 4.98 Å². The van der Waals surface area contributed by atoms with Crippen molar-refractivity contribution in [2.24, 2.45) is 0 Å². The van der Waals surface area contributed by atoms with Crippen LogP contribution in [0.15, 0.2) is 0 Å². The lowest BCUT2D eigenvalue weighted by Crippen LogP contribution is -2.16. The molecule has 4 heteroatoms. The van der Waals surface area contributed by atoms with Gasteiger partial charge < -0.3 is 5.11 Å². The van der Waals surface area contributed by atoms with E-state index >= 15 is 0 Å². The molecule has 0 spiro atoms. The van der Waals surface area contributed by atoms with Crippen molar-refractivity contribution in [2.75, 3.05) is 0 Å². The van der Waals surface area contributed by atoms with E-state index in [-0.39, 0.29) is 5.92 Å². The number of rotatable bonds is 1. The summed E-state index contributed by atoms with van der Waals surface area (Å²) >= 11 is 1.53. The van der Waals surface area contributed by atoms with Gasteiger partial charge in [-0.1, -0.05) is 0 Å². The third-order valence-electron chi connectivity index (χ3n) is 2.36. The van der Waals surface area contributed by atoms with Gasteiger partial charge in [-0.15, -0.1) is 11.3 Å². The van der Waals surface area contributed by atoms with Gasteiger partial charge in [0.05, 0.1) is 16.6 Å². The third kappa shape index (κ3) is 1.46. The molecule has 2 rings (SSSR count). The molecule has 3 nitrogen and oxygen atoms in total. The molecule has 13 heavy (non-hydrogen) atoms. The molecule has 1 heterocycles. The SMILES string of the molecule is Cc1nc2c(s1)[C@H](C(=O)O)CCC2. The van der Waals surface area contributed by atoms with E-state index in [1.165, 1.54) is 11.3 Å². The van der Waals surface area contributed by atoms with E-state index in [2.05, 4.69) is 4.98 Å². The first-order valence-electron chi connectivity index (χ1n) is 4.37. The number of aromatic nitrogens is 1. The van der Waals surface area contributed by atoms with Gasteiger partial charge in [-0.25, -0.2) is 4.98 Å². The Hall–Kier alpha value is -0.900. The Balaban J connectivity index is 2.41. The number of carboxylic acids is 1. The second-order valence-corrected chi connectivity index (χ2v) is 4.56. The van der Waals surface area contributed by atoms with E-state index in [1.54, 1.807) is 0 Å². The van der Waals surface area contributed by atoms with Crippen LogP contribution in [0.3, 0.4) is 0 Å². The van der Waals surface area contributed by atoms with E-state index in [4.69, 9.17) is 5.11 Å². The fourth-order valence-corrected chi connectivity index (χ4v) is 2.88. The van der Waals surface area contributed by atoms with Crippen molar-refractivity contribution >= 4 is 17.3 Å². The number of fused-ring (bicyclic) bond motifs is 1. The molecule has 1 aliphatic carbocycles. The number of carboxylic acid groups (broad SMARTS) is 1. The molecular formula is C9H11NO2S. The van der Waals surface area contributed by atoms with Crippen LogP contribution in [0.25, 0.3) is 0 Å². The van der Waals surface area contributed by atoms with Crippen LogP contribution in [0.1, 0.15) is 34.3 Å². The highest BCUT2D eigenvalue weighted by Gasteiger charge is 2.28. The lowest BCUT2D eigenvalue weighted by atomic mass is 9.92. The van der Waals surface area contributed by atoms with Crippen molar-refractivity contribution in [3.63, 3.8) is 0 Å². The van der Waals surface area contributed by atoms with Crippen LogP contribution in [-0.2, 0) is 11.2 Å². The van der Waals surface area contributed by atoms with Crippen LogP contribution in [0.5, 0.6) is 0 Å². The molecule has 0 amide bonds. The lowest BCUT2D eigenvalue weighted by Gasteiger charge is -2.16. The summed E-state index contributed by atoms with van der Waals surface area (Å²) in [5.74, 6) is -1.00. The van der Waals surface area contributed by atoms with Gasteiger partial charge in [0, 0.05) is 4.88 Å². The fraction of sp³-hybridized carbons (Fsp3) is 0.556. The zero-order chi connectivity index (χ0) is 9.42. The first-order chi connectivity index (χ1) is 6.18. The maximum absolute atomic E-state index is 10.9. The Bertz CT molecular complexity index is 345. The average molecular weight is 197 g/mol. The first-order valence-corrected chi connectivity index (χ1v) is 5.19. The second kappa shape index (κ2) is 3.10. The van der Waals surface area contributed by atoms with Crippen LogP contribution in [0.2, 0.25) is 0 Å². The highest BCUT2D eigenvalue weighted by atomic mass is 32.1. The molecule has 0 radical (unpaired) electrons. The average Bonchev–Trinajstić information content (AvgIpc) is 2.43. The Kier molecular flexibility index (Phi) is 2.07. The fourth-order valence-electron chi connectivity index (χ4n) is 1.78. The Morgan fingerprint density at radius 3 is 3.15 bits per heavy atom. The molecule has 1 aliphatic rings. The maximum atomic E-state index is 10.9. The van der Waals surface area contributed by atoms with Crippen LogP contribution in [0.4, 0.5) is 0 Å². The van der Waals surface area contributed by atoms with E-state index in [0.29, 0.717) is 0 Å². The van der Waals surface area contributed by atoms with Gasteiger partial charge in [-0.2, -0.15) is 0 Å². The Morgan fingerprint density at radius 1 is 1.69 bits per heavy atom. The van der Waals surface area contributed by atoms with Gasteiger partial charge >= 0.3 is 5.97 Å². The third-order valence-corrected chi connectivity index (χ3v) is 3.48. The predicted octanol–water partition coefficient (Wildman–Crippen LogP) is 1.96. The molecule has 0 unspecified atom stereocenters. The summed E-state index contributed by atoms with van der Waals surface area (Å²) in [5.41, 5.74) is 1.01. The normalized spacial score (nSPS) is 21.2. The standard InChI is InChI=1S/C9H11NO2S/c1-5-10-7-4-2-3-6(9(11)12)8(7)13-5/h6H,2-4H2,1H3,(H,11,12)/t6-/m1/s1. The smallest absolute Gasteiger partial charge is 0.311 e. The highest BCUT2D eigenvalue weighted by Crippen LogP contribution is 2.35. The van der Waals surface area contributed by atoms with Crippen LogP contribution in [0, 0.1) is 6.92 Å². The van der Waals surface area contributed by atoms with Crippen molar-refractivity contribution < 1.29 is 9.90 Å². The largest absolute Gasteiger partial charge is 0.481 e. The minimum atomic E-state index is -0.704. The van der Waals surface area contributed by atoms with Gasteiger partial charge in [-0.05, 0) is 26.2 Å². The summed E-state index contributed by atoms with van der Waals surface area (Å²) in [6.07, 6.45) is 2.67. The molecule has 0 aromatic carbocycles. The summed E-state index contributed by atoms with van der Waals surface area (Å²) in [4.78, 5) is 16.2. The van der Waals surface area contributed by atoms with Gasteiger partial charge in [0.2, 0.25) is 0 Å². The molecule has 1 N–H and O–H groups in total. The molecule has 0 fully saturated rings. The summed E-state index contributed by atoms with van der Waals surface area (Å²) in [6, 6.07) is 0. The van der Waals surface area contributed by atoms with Crippen molar-refractivity contribution in [3.8, 4) is 0 Å². The van der Waals surface area contributed by atoms with E-state index < -0.39 is 5.97 Å². The topological polar surface area (TPSA) is 50.2 Å². The summed E-state index contributed by atoms with van der Waals surface area (Å²) < 4.78 is 0. The number of thiazole rings is 1. The predicted molar refractivity (Wildman–Crippen MR) is 50.2 cm³/mol. The molecule has 0 saturated heterocycles. The molecule has 70 valence electrons. The number of hydrogen-bond donors (Lipinski definition) is 1. The Morgan fingerprint density at radius 2 is 2.46 bits per heavy atom. The van der Waals surface area contributed by atoms with Gasteiger partial charge in [-0.3, -0.25) is 4.79 Å². The number of aryl methyl sites for hydroxylation is 2.